The van der Waals surface area contributed by atoms with E-state index in [0.29, 0.717) is 12.5 Å². The monoisotopic (exact) mass is 159 g/mol. The van der Waals surface area contributed by atoms with Gasteiger partial charge in [-0.1, -0.05) is 0 Å². The Bertz CT molecular complexity index is 100. The third-order valence-electron chi connectivity index (χ3n) is 2.37. The molecule has 0 unspecified atom stereocenters. The minimum atomic E-state index is 0.331. The van der Waals surface area contributed by atoms with E-state index < -0.39 is 0 Å². The molecule has 1 fully saturated rings. The molecule has 11 heavy (non-hydrogen) atoms. The molecule has 3 nitrogen and oxygen atoms in total. The number of hydrogen-bond donors (Lipinski definition) is 1. The molecule has 0 aromatic rings. The Kier molecular flexibility index (Phi) is 3.83. The summed E-state index contributed by atoms with van der Waals surface area (Å²) in [7, 11) is 1.71. The van der Waals surface area contributed by atoms with E-state index in [1.807, 2.05) is 5.06 Å². The van der Waals surface area contributed by atoms with Gasteiger partial charge in [-0.2, -0.15) is 5.06 Å². The zero-order valence-corrected chi connectivity index (χ0v) is 7.12. The van der Waals surface area contributed by atoms with Crippen LogP contribution < -0.4 is 0 Å². The summed E-state index contributed by atoms with van der Waals surface area (Å²) < 4.78 is 0. The lowest BCUT2D eigenvalue weighted by Gasteiger charge is -2.29. The molecule has 0 aromatic carbocycles. The first-order valence-electron chi connectivity index (χ1n) is 4.26. The zero-order chi connectivity index (χ0) is 8.10. The maximum atomic E-state index is 8.70. The number of piperidine rings is 1. The summed E-state index contributed by atoms with van der Waals surface area (Å²) in [5.41, 5.74) is 0. The molecule has 0 amide bonds. The topological polar surface area (TPSA) is 32.7 Å². The van der Waals surface area contributed by atoms with E-state index >= 15 is 0 Å². The van der Waals surface area contributed by atoms with Crippen molar-refractivity contribution >= 4 is 0 Å². The molecule has 1 aliphatic rings. The van der Waals surface area contributed by atoms with Crippen LogP contribution >= 0.6 is 0 Å². The Balaban J connectivity index is 2.14. The van der Waals surface area contributed by atoms with Crippen molar-refractivity contribution in [2.24, 2.45) is 5.92 Å². The van der Waals surface area contributed by atoms with Crippen molar-refractivity contribution in [3.8, 4) is 0 Å². The summed E-state index contributed by atoms with van der Waals surface area (Å²) in [6.07, 6.45) is 3.28. The minimum absolute atomic E-state index is 0.331. The van der Waals surface area contributed by atoms with Crippen molar-refractivity contribution < 1.29 is 9.94 Å². The SMILES string of the molecule is CON1CCC(CCO)CC1. The normalized spacial score (nSPS) is 22.4. The van der Waals surface area contributed by atoms with E-state index in [1.165, 1.54) is 0 Å². The van der Waals surface area contributed by atoms with Crippen LogP contribution in [0.25, 0.3) is 0 Å². The first kappa shape index (κ1) is 8.97. The van der Waals surface area contributed by atoms with Gasteiger partial charge in [0.1, 0.15) is 0 Å². The molecule has 66 valence electrons. The second-order valence-corrected chi connectivity index (χ2v) is 3.07. The number of aliphatic hydroxyl groups is 1. The van der Waals surface area contributed by atoms with Crippen molar-refractivity contribution in [1.29, 1.82) is 0 Å². The van der Waals surface area contributed by atoms with Gasteiger partial charge in [0.2, 0.25) is 0 Å². The maximum absolute atomic E-state index is 8.70. The van der Waals surface area contributed by atoms with Gasteiger partial charge >= 0.3 is 0 Å². The van der Waals surface area contributed by atoms with Gasteiger partial charge in [0.15, 0.2) is 0 Å². The van der Waals surface area contributed by atoms with Crippen LogP contribution in [-0.2, 0) is 4.84 Å². The van der Waals surface area contributed by atoms with Crippen LogP contribution in [0.4, 0.5) is 0 Å². The fraction of sp³-hybridized carbons (Fsp3) is 1.00. The highest BCUT2D eigenvalue weighted by atomic mass is 16.7. The number of rotatable bonds is 3. The third-order valence-corrected chi connectivity index (χ3v) is 2.37. The van der Waals surface area contributed by atoms with Gasteiger partial charge in [-0.3, -0.25) is 0 Å². The maximum Gasteiger partial charge on any atom is 0.0575 e. The molecule has 0 aliphatic carbocycles. The van der Waals surface area contributed by atoms with Crippen molar-refractivity contribution in [3.63, 3.8) is 0 Å². The Morgan fingerprint density at radius 2 is 2.09 bits per heavy atom. The van der Waals surface area contributed by atoms with E-state index in [9.17, 15) is 0 Å². The second kappa shape index (κ2) is 4.70. The van der Waals surface area contributed by atoms with E-state index in [1.54, 1.807) is 7.11 Å². The van der Waals surface area contributed by atoms with Crippen molar-refractivity contribution in [1.82, 2.24) is 5.06 Å². The highest BCUT2D eigenvalue weighted by Gasteiger charge is 2.17. The predicted molar refractivity (Wildman–Crippen MR) is 43.0 cm³/mol. The minimum Gasteiger partial charge on any atom is -0.396 e. The average molecular weight is 159 g/mol. The second-order valence-electron chi connectivity index (χ2n) is 3.07. The fourth-order valence-corrected chi connectivity index (χ4v) is 1.56. The number of aliphatic hydroxyl groups excluding tert-OH is 1. The van der Waals surface area contributed by atoms with Crippen molar-refractivity contribution in [2.75, 3.05) is 26.8 Å². The molecular weight excluding hydrogens is 142 g/mol. The first-order chi connectivity index (χ1) is 5.36. The van der Waals surface area contributed by atoms with Crippen molar-refractivity contribution in [3.05, 3.63) is 0 Å². The number of hydrogen-bond acceptors (Lipinski definition) is 3. The molecule has 3 heteroatoms. The average Bonchev–Trinajstić information content (AvgIpc) is 2.07. The van der Waals surface area contributed by atoms with Gasteiger partial charge in [-0.25, -0.2) is 0 Å². The van der Waals surface area contributed by atoms with Gasteiger partial charge in [-0.15, -0.1) is 0 Å². The van der Waals surface area contributed by atoms with Crippen LogP contribution in [0.2, 0.25) is 0 Å². The Labute approximate surface area is 67.9 Å². The Morgan fingerprint density at radius 3 is 2.55 bits per heavy atom. The number of nitrogens with zero attached hydrogens (tertiary/aromatic N) is 1. The van der Waals surface area contributed by atoms with Crippen molar-refractivity contribution in [2.45, 2.75) is 19.3 Å². The molecule has 0 atom stereocenters. The number of hydroxylamine groups is 2. The third kappa shape index (κ3) is 2.77. The first-order valence-corrected chi connectivity index (χ1v) is 4.26. The molecule has 0 bridgehead atoms. The summed E-state index contributed by atoms with van der Waals surface area (Å²) >= 11 is 0. The lowest BCUT2D eigenvalue weighted by Crippen LogP contribution is -2.32. The van der Waals surface area contributed by atoms with Gasteiger partial charge in [0.25, 0.3) is 0 Å². The van der Waals surface area contributed by atoms with Crippen LogP contribution in [0.15, 0.2) is 0 Å². The molecule has 1 aliphatic heterocycles. The largest absolute Gasteiger partial charge is 0.396 e. The van der Waals surface area contributed by atoms with Gasteiger partial charge in [0, 0.05) is 19.7 Å². The molecule has 1 rings (SSSR count). The highest BCUT2D eigenvalue weighted by molar-refractivity contribution is 4.67. The lowest BCUT2D eigenvalue weighted by atomic mass is 9.95. The standard InChI is InChI=1S/C8H17NO2/c1-11-9-5-2-8(3-6-9)4-7-10/h8,10H,2-7H2,1H3. The molecule has 0 saturated carbocycles. The molecule has 0 radical (unpaired) electrons. The molecule has 1 heterocycles. The Hall–Kier alpha value is -0.120. The van der Waals surface area contributed by atoms with E-state index in [2.05, 4.69) is 0 Å². The summed E-state index contributed by atoms with van der Waals surface area (Å²) in [4.78, 5) is 5.09. The van der Waals surface area contributed by atoms with Crippen LogP contribution in [0.1, 0.15) is 19.3 Å². The van der Waals surface area contributed by atoms with Crippen LogP contribution in [0.5, 0.6) is 0 Å². The van der Waals surface area contributed by atoms with Crippen LogP contribution in [0, 0.1) is 5.92 Å². The molecule has 1 saturated heterocycles. The lowest BCUT2D eigenvalue weighted by molar-refractivity contribution is -0.148. The van der Waals surface area contributed by atoms with E-state index in [-0.39, 0.29) is 0 Å². The van der Waals surface area contributed by atoms with Gasteiger partial charge in [0.05, 0.1) is 7.11 Å². The van der Waals surface area contributed by atoms with E-state index in [4.69, 9.17) is 9.94 Å². The van der Waals surface area contributed by atoms with Gasteiger partial charge in [-0.05, 0) is 25.2 Å². The van der Waals surface area contributed by atoms with Crippen LogP contribution in [-0.4, -0.2) is 37.0 Å². The molecular formula is C8H17NO2. The summed E-state index contributed by atoms with van der Waals surface area (Å²) in [5.74, 6) is 0.714. The van der Waals surface area contributed by atoms with Crippen LogP contribution in [0.3, 0.4) is 0 Å². The molecule has 1 N–H and O–H groups in total. The summed E-state index contributed by atoms with van der Waals surface area (Å²) in [6.45, 7) is 2.36. The summed E-state index contributed by atoms with van der Waals surface area (Å²) in [6, 6.07) is 0. The molecule has 0 spiro atoms. The zero-order valence-electron chi connectivity index (χ0n) is 7.12. The fourth-order valence-electron chi connectivity index (χ4n) is 1.56. The highest BCUT2D eigenvalue weighted by Crippen LogP contribution is 2.19. The molecule has 0 aromatic heterocycles. The Morgan fingerprint density at radius 1 is 1.45 bits per heavy atom. The summed E-state index contributed by atoms with van der Waals surface area (Å²) in [5, 5.41) is 10.7. The predicted octanol–water partition coefficient (Wildman–Crippen LogP) is 0.642. The smallest absolute Gasteiger partial charge is 0.0575 e. The van der Waals surface area contributed by atoms with Gasteiger partial charge < -0.3 is 9.94 Å². The quantitative estimate of drug-likeness (QED) is 0.656. The van der Waals surface area contributed by atoms with E-state index in [0.717, 1.165) is 32.4 Å².